The Morgan fingerprint density at radius 1 is 1.00 bits per heavy atom. The Bertz CT molecular complexity index is 764. The van der Waals surface area contributed by atoms with Gasteiger partial charge in [-0.25, -0.2) is 0 Å². The number of carbonyl (C=O) groups excluding carboxylic acids is 2. The van der Waals surface area contributed by atoms with E-state index >= 15 is 0 Å². The first kappa shape index (κ1) is 19.5. The van der Waals surface area contributed by atoms with Gasteiger partial charge in [0.2, 0.25) is 11.8 Å². The normalized spacial score (nSPS) is 10.3. The lowest BCUT2D eigenvalue weighted by molar-refractivity contribution is -0.120. The Morgan fingerprint density at radius 3 is 2.15 bits per heavy atom. The standard InChI is InChI=1S/C21H26N2O3/c1-5-16-10-9-11-17(6-2)21(16)23(15(3)24)14-20(25)22-18-12-7-8-13-19(18)26-4/h7-13H,5-6,14H2,1-4H3,(H,22,25). The van der Waals surface area contributed by atoms with Crippen molar-refractivity contribution in [2.24, 2.45) is 0 Å². The lowest BCUT2D eigenvalue weighted by Gasteiger charge is -2.26. The molecular formula is C21H26N2O3. The van der Waals surface area contributed by atoms with Gasteiger partial charge in [-0.05, 0) is 36.1 Å². The van der Waals surface area contributed by atoms with Crippen molar-refractivity contribution in [3.63, 3.8) is 0 Å². The van der Waals surface area contributed by atoms with Gasteiger partial charge in [0.05, 0.1) is 18.5 Å². The zero-order chi connectivity index (χ0) is 19.1. The lowest BCUT2D eigenvalue weighted by atomic mass is 10.0. The molecule has 138 valence electrons. The molecule has 1 N–H and O–H groups in total. The van der Waals surface area contributed by atoms with Gasteiger partial charge in [-0.15, -0.1) is 0 Å². The quantitative estimate of drug-likeness (QED) is 0.822. The summed E-state index contributed by atoms with van der Waals surface area (Å²) in [6, 6.07) is 13.2. The first-order valence-electron chi connectivity index (χ1n) is 8.83. The minimum Gasteiger partial charge on any atom is -0.495 e. The Labute approximate surface area is 155 Å². The zero-order valence-corrected chi connectivity index (χ0v) is 15.8. The molecule has 2 aromatic carbocycles. The van der Waals surface area contributed by atoms with Crippen molar-refractivity contribution in [1.29, 1.82) is 0 Å². The van der Waals surface area contributed by atoms with Crippen LogP contribution in [-0.2, 0) is 22.4 Å². The summed E-state index contributed by atoms with van der Waals surface area (Å²) in [5, 5.41) is 2.83. The van der Waals surface area contributed by atoms with E-state index in [1.807, 2.05) is 44.2 Å². The number of ether oxygens (including phenoxy) is 1. The van der Waals surface area contributed by atoms with Crippen molar-refractivity contribution in [2.75, 3.05) is 23.9 Å². The minimum atomic E-state index is -0.266. The maximum Gasteiger partial charge on any atom is 0.244 e. The number of amides is 2. The number of rotatable bonds is 7. The number of nitrogens with one attached hydrogen (secondary N) is 1. The average molecular weight is 354 g/mol. The van der Waals surface area contributed by atoms with Crippen molar-refractivity contribution in [2.45, 2.75) is 33.6 Å². The molecule has 2 aromatic rings. The summed E-state index contributed by atoms with van der Waals surface area (Å²) in [5.41, 5.74) is 3.55. The lowest BCUT2D eigenvalue weighted by Crippen LogP contribution is -2.38. The number of nitrogens with zero attached hydrogens (tertiary/aromatic N) is 1. The highest BCUT2D eigenvalue weighted by Gasteiger charge is 2.21. The van der Waals surface area contributed by atoms with Crippen LogP contribution in [0.5, 0.6) is 5.75 Å². The highest BCUT2D eigenvalue weighted by molar-refractivity contribution is 6.03. The second-order valence-corrected chi connectivity index (χ2v) is 5.99. The topological polar surface area (TPSA) is 58.6 Å². The van der Waals surface area contributed by atoms with Gasteiger partial charge in [-0.3, -0.25) is 9.59 Å². The van der Waals surface area contributed by atoms with Gasteiger partial charge < -0.3 is 15.0 Å². The van der Waals surface area contributed by atoms with E-state index in [0.29, 0.717) is 11.4 Å². The van der Waals surface area contributed by atoms with E-state index in [-0.39, 0.29) is 18.4 Å². The summed E-state index contributed by atoms with van der Waals surface area (Å²) in [6.45, 7) is 5.54. The van der Waals surface area contributed by atoms with Crippen LogP contribution in [0.3, 0.4) is 0 Å². The van der Waals surface area contributed by atoms with E-state index in [4.69, 9.17) is 4.74 Å². The van der Waals surface area contributed by atoms with Crippen LogP contribution >= 0.6 is 0 Å². The van der Waals surface area contributed by atoms with E-state index < -0.39 is 0 Å². The largest absolute Gasteiger partial charge is 0.495 e. The van der Waals surface area contributed by atoms with Crippen LogP contribution in [0.1, 0.15) is 31.9 Å². The number of aryl methyl sites for hydroxylation is 2. The minimum absolute atomic E-state index is 0.0443. The van der Waals surface area contributed by atoms with Gasteiger partial charge in [0.1, 0.15) is 12.3 Å². The number of methoxy groups -OCH3 is 1. The zero-order valence-electron chi connectivity index (χ0n) is 15.8. The molecule has 2 amide bonds. The van der Waals surface area contributed by atoms with Gasteiger partial charge in [-0.2, -0.15) is 0 Å². The van der Waals surface area contributed by atoms with Crippen LogP contribution in [0.4, 0.5) is 11.4 Å². The molecule has 0 radical (unpaired) electrons. The molecule has 0 aliphatic carbocycles. The van der Waals surface area contributed by atoms with E-state index in [1.54, 1.807) is 24.1 Å². The molecular weight excluding hydrogens is 328 g/mol. The number of anilines is 2. The van der Waals surface area contributed by atoms with Crippen LogP contribution in [-0.4, -0.2) is 25.5 Å². The fourth-order valence-corrected chi connectivity index (χ4v) is 2.99. The van der Waals surface area contributed by atoms with E-state index in [1.165, 1.54) is 6.92 Å². The van der Waals surface area contributed by atoms with Crippen LogP contribution in [0, 0.1) is 0 Å². The summed E-state index contributed by atoms with van der Waals surface area (Å²) < 4.78 is 5.26. The first-order valence-corrected chi connectivity index (χ1v) is 8.83. The summed E-state index contributed by atoms with van der Waals surface area (Å²) >= 11 is 0. The van der Waals surface area contributed by atoms with Crippen LogP contribution < -0.4 is 15.0 Å². The maximum absolute atomic E-state index is 12.6. The molecule has 0 bridgehead atoms. The molecule has 0 spiro atoms. The monoisotopic (exact) mass is 354 g/mol. The summed E-state index contributed by atoms with van der Waals surface area (Å²) in [4.78, 5) is 26.5. The van der Waals surface area contributed by atoms with Gasteiger partial charge in [-0.1, -0.05) is 44.2 Å². The van der Waals surface area contributed by atoms with Gasteiger partial charge >= 0.3 is 0 Å². The number of benzene rings is 2. The van der Waals surface area contributed by atoms with E-state index in [9.17, 15) is 9.59 Å². The smallest absolute Gasteiger partial charge is 0.244 e. The van der Waals surface area contributed by atoms with Gasteiger partial charge in [0.25, 0.3) is 0 Å². The number of para-hydroxylation sites is 3. The van der Waals surface area contributed by atoms with E-state index in [0.717, 1.165) is 29.7 Å². The Hall–Kier alpha value is -2.82. The van der Waals surface area contributed by atoms with Crippen molar-refractivity contribution in [1.82, 2.24) is 0 Å². The van der Waals surface area contributed by atoms with Crippen molar-refractivity contribution in [3.8, 4) is 5.75 Å². The number of hydrogen-bond acceptors (Lipinski definition) is 3. The Kier molecular flexibility index (Phi) is 6.78. The summed E-state index contributed by atoms with van der Waals surface area (Å²) in [6.07, 6.45) is 1.59. The molecule has 26 heavy (non-hydrogen) atoms. The molecule has 0 unspecified atom stereocenters. The molecule has 5 nitrogen and oxygen atoms in total. The summed E-state index contributed by atoms with van der Waals surface area (Å²) in [5.74, 6) is 0.159. The molecule has 0 aliphatic heterocycles. The molecule has 0 aromatic heterocycles. The number of hydrogen-bond donors (Lipinski definition) is 1. The molecule has 0 heterocycles. The summed E-state index contributed by atoms with van der Waals surface area (Å²) in [7, 11) is 1.55. The predicted octanol–water partition coefficient (Wildman–Crippen LogP) is 3.81. The first-order chi connectivity index (χ1) is 12.5. The Balaban J connectivity index is 2.29. The van der Waals surface area contributed by atoms with Crippen molar-refractivity contribution >= 4 is 23.2 Å². The van der Waals surface area contributed by atoms with E-state index in [2.05, 4.69) is 5.32 Å². The SMILES string of the molecule is CCc1cccc(CC)c1N(CC(=O)Nc1ccccc1OC)C(C)=O. The van der Waals surface area contributed by atoms with Gasteiger partial charge in [0, 0.05) is 6.92 Å². The second kappa shape index (κ2) is 9.04. The highest BCUT2D eigenvalue weighted by atomic mass is 16.5. The third-order valence-corrected chi connectivity index (χ3v) is 4.30. The fraction of sp³-hybridized carbons (Fsp3) is 0.333. The molecule has 0 saturated heterocycles. The predicted molar refractivity (Wildman–Crippen MR) is 105 cm³/mol. The third-order valence-electron chi connectivity index (χ3n) is 4.30. The molecule has 0 aliphatic rings. The Morgan fingerprint density at radius 2 is 1.62 bits per heavy atom. The second-order valence-electron chi connectivity index (χ2n) is 5.99. The van der Waals surface area contributed by atoms with Crippen LogP contribution in [0.15, 0.2) is 42.5 Å². The molecule has 2 rings (SSSR count). The molecule has 0 fully saturated rings. The highest BCUT2D eigenvalue weighted by Crippen LogP contribution is 2.28. The molecule has 0 atom stereocenters. The van der Waals surface area contributed by atoms with Crippen molar-refractivity contribution in [3.05, 3.63) is 53.6 Å². The fourth-order valence-electron chi connectivity index (χ4n) is 2.99. The third kappa shape index (κ3) is 4.42. The average Bonchev–Trinajstić information content (AvgIpc) is 2.65. The van der Waals surface area contributed by atoms with Crippen LogP contribution in [0.25, 0.3) is 0 Å². The maximum atomic E-state index is 12.6. The molecule has 0 saturated carbocycles. The van der Waals surface area contributed by atoms with Crippen LogP contribution in [0.2, 0.25) is 0 Å². The van der Waals surface area contributed by atoms with Crippen molar-refractivity contribution < 1.29 is 14.3 Å². The number of carbonyl (C=O) groups is 2. The molecule has 5 heteroatoms. The van der Waals surface area contributed by atoms with Gasteiger partial charge in [0.15, 0.2) is 0 Å².